The van der Waals surface area contributed by atoms with E-state index in [1.165, 1.54) is 0 Å². The molecule has 0 bridgehead atoms. The normalized spacial score (nSPS) is 11.7. The van der Waals surface area contributed by atoms with E-state index in [-0.39, 0.29) is 22.4 Å². The molecule has 0 aliphatic carbocycles. The third kappa shape index (κ3) is 3.68. The molecule has 1 aromatic carbocycles. The molecule has 1 heterocycles. The van der Waals surface area contributed by atoms with Crippen molar-refractivity contribution in [3.8, 4) is 0 Å². The van der Waals surface area contributed by atoms with Crippen LogP contribution in [0.5, 0.6) is 0 Å². The van der Waals surface area contributed by atoms with Crippen LogP contribution in [0.1, 0.15) is 5.56 Å². The van der Waals surface area contributed by atoms with Crippen LogP contribution in [-0.4, -0.2) is 25.2 Å². The summed E-state index contributed by atoms with van der Waals surface area (Å²) in [6, 6.07) is 3.03. The topological polar surface area (TPSA) is 98.0 Å². The zero-order chi connectivity index (χ0) is 14.8. The Labute approximate surface area is 117 Å². The number of rotatable bonds is 5. The van der Waals surface area contributed by atoms with Crippen molar-refractivity contribution in [3.63, 3.8) is 0 Å². The van der Waals surface area contributed by atoms with Crippen molar-refractivity contribution in [2.24, 2.45) is 0 Å². The maximum atomic E-state index is 12.9. The fraction of sp³-hybridized carbons (Fsp3) is 0.200. The van der Waals surface area contributed by atoms with Crippen LogP contribution in [0.2, 0.25) is 0 Å². The Hall–Kier alpha value is -1.65. The zero-order valence-corrected chi connectivity index (χ0v) is 11.6. The minimum Gasteiger partial charge on any atom is -0.374 e. The minimum atomic E-state index is -3.80. The van der Waals surface area contributed by atoms with Crippen molar-refractivity contribution in [2.45, 2.75) is 10.8 Å². The summed E-state index contributed by atoms with van der Waals surface area (Å²) in [5.41, 5.74) is 5.65. The summed E-state index contributed by atoms with van der Waals surface area (Å²) < 4.78 is 51.4. The van der Waals surface area contributed by atoms with Gasteiger partial charge in [-0.1, -0.05) is 11.3 Å². The lowest BCUT2D eigenvalue weighted by Gasteiger charge is -2.04. The second kappa shape index (κ2) is 5.77. The van der Waals surface area contributed by atoms with Crippen LogP contribution in [0.15, 0.2) is 22.5 Å². The van der Waals surface area contributed by atoms with E-state index in [0.29, 0.717) is 5.56 Å². The molecule has 0 amide bonds. The number of anilines is 1. The Morgan fingerprint density at radius 2 is 1.85 bits per heavy atom. The van der Waals surface area contributed by atoms with Gasteiger partial charge in [0.25, 0.3) is 10.0 Å². The Bertz CT molecular complexity index is 698. The van der Waals surface area contributed by atoms with Crippen molar-refractivity contribution < 1.29 is 17.2 Å². The summed E-state index contributed by atoms with van der Waals surface area (Å²) in [5, 5.41) is 6.85. The zero-order valence-electron chi connectivity index (χ0n) is 10.0. The number of nitrogens with one attached hydrogen (secondary N) is 1. The Morgan fingerprint density at radius 1 is 1.20 bits per heavy atom. The molecule has 20 heavy (non-hydrogen) atoms. The molecule has 0 aliphatic heterocycles. The van der Waals surface area contributed by atoms with E-state index in [4.69, 9.17) is 5.73 Å². The van der Waals surface area contributed by atoms with Gasteiger partial charge in [0, 0.05) is 12.6 Å². The van der Waals surface area contributed by atoms with Crippen molar-refractivity contribution in [2.75, 3.05) is 12.3 Å². The van der Waals surface area contributed by atoms with E-state index >= 15 is 0 Å². The molecular weight excluding hydrogens is 310 g/mol. The molecule has 2 rings (SSSR count). The first kappa shape index (κ1) is 14.8. The molecule has 0 spiro atoms. The van der Waals surface area contributed by atoms with E-state index < -0.39 is 21.7 Å². The van der Waals surface area contributed by atoms with Gasteiger partial charge in [0.1, 0.15) is 11.6 Å². The molecule has 6 nitrogen and oxygen atoms in total. The Kier molecular flexibility index (Phi) is 4.26. The second-order valence-electron chi connectivity index (χ2n) is 3.83. The average molecular weight is 320 g/mol. The highest BCUT2D eigenvalue weighted by atomic mass is 32.2. The summed E-state index contributed by atoms with van der Waals surface area (Å²) in [7, 11) is -3.80. The maximum absolute atomic E-state index is 12.9. The smallest absolute Gasteiger partial charge is 0.269 e. The highest BCUT2D eigenvalue weighted by molar-refractivity contribution is 7.91. The molecule has 1 aromatic heterocycles. The van der Waals surface area contributed by atoms with E-state index in [9.17, 15) is 17.2 Å². The highest BCUT2D eigenvalue weighted by Gasteiger charge is 2.18. The molecule has 2 aromatic rings. The van der Waals surface area contributed by atoms with Crippen LogP contribution < -0.4 is 10.5 Å². The van der Waals surface area contributed by atoms with Gasteiger partial charge in [0.05, 0.1) is 0 Å². The lowest BCUT2D eigenvalue weighted by molar-refractivity contribution is 0.575. The van der Waals surface area contributed by atoms with Crippen LogP contribution in [0.4, 0.5) is 13.9 Å². The lowest BCUT2D eigenvalue weighted by Crippen LogP contribution is -2.26. The molecule has 0 unspecified atom stereocenters. The number of benzene rings is 1. The Morgan fingerprint density at radius 3 is 2.40 bits per heavy atom. The van der Waals surface area contributed by atoms with Crippen LogP contribution in [-0.2, 0) is 16.4 Å². The first-order valence-electron chi connectivity index (χ1n) is 5.40. The molecule has 0 atom stereocenters. The first-order valence-corrected chi connectivity index (χ1v) is 7.70. The van der Waals surface area contributed by atoms with Gasteiger partial charge in [-0.25, -0.2) is 21.9 Å². The van der Waals surface area contributed by atoms with Gasteiger partial charge in [0.2, 0.25) is 9.47 Å². The quantitative estimate of drug-likeness (QED) is 0.853. The highest BCUT2D eigenvalue weighted by Crippen LogP contribution is 2.16. The molecule has 10 heteroatoms. The molecular formula is C10H10F2N4O2S2. The van der Waals surface area contributed by atoms with Gasteiger partial charge < -0.3 is 5.73 Å². The summed E-state index contributed by atoms with van der Waals surface area (Å²) in [6.07, 6.45) is 0.141. The van der Waals surface area contributed by atoms with Crippen molar-refractivity contribution in [1.29, 1.82) is 0 Å². The number of sulfonamides is 1. The van der Waals surface area contributed by atoms with E-state index in [1.807, 2.05) is 0 Å². The van der Waals surface area contributed by atoms with Gasteiger partial charge in [-0.05, 0) is 24.1 Å². The standard InChI is InChI=1S/C10H10F2N4O2S2/c11-7-3-6(4-8(12)5-7)1-2-14-20(17,18)10-16-15-9(13)19-10/h3-5,14H,1-2H2,(H2,13,15). The van der Waals surface area contributed by atoms with Gasteiger partial charge >= 0.3 is 0 Å². The van der Waals surface area contributed by atoms with Crippen LogP contribution in [0.3, 0.4) is 0 Å². The van der Waals surface area contributed by atoms with Crippen molar-refractivity contribution in [1.82, 2.24) is 14.9 Å². The maximum Gasteiger partial charge on any atom is 0.269 e. The molecule has 0 saturated heterocycles. The number of aromatic nitrogens is 2. The van der Waals surface area contributed by atoms with Crippen LogP contribution in [0.25, 0.3) is 0 Å². The lowest BCUT2D eigenvalue weighted by atomic mass is 10.1. The van der Waals surface area contributed by atoms with Gasteiger partial charge in [0.15, 0.2) is 0 Å². The minimum absolute atomic E-state index is 0.0231. The number of halogens is 2. The summed E-state index contributed by atoms with van der Waals surface area (Å²) in [6.45, 7) is -0.0231. The SMILES string of the molecule is Nc1nnc(S(=O)(=O)NCCc2cc(F)cc(F)c2)s1. The van der Waals surface area contributed by atoms with Gasteiger partial charge in [-0.2, -0.15) is 0 Å². The van der Waals surface area contributed by atoms with E-state index in [1.54, 1.807) is 0 Å². The monoisotopic (exact) mass is 320 g/mol. The predicted molar refractivity (Wildman–Crippen MR) is 69.6 cm³/mol. The second-order valence-corrected chi connectivity index (χ2v) is 6.78. The molecule has 0 fully saturated rings. The summed E-state index contributed by atoms with van der Waals surface area (Å²) >= 11 is 0.731. The number of nitrogen functional groups attached to an aromatic ring is 1. The summed E-state index contributed by atoms with van der Waals surface area (Å²) in [5.74, 6) is -1.42. The number of hydrogen-bond acceptors (Lipinski definition) is 6. The van der Waals surface area contributed by atoms with Gasteiger partial charge in [-0.3, -0.25) is 0 Å². The number of hydrogen-bond donors (Lipinski definition) is 2. The molecule has 0 radical (unpaired) electrons. The molecule has 108 valence electrons. The molecule has 3 N–H and O–H groups in total. The Balaban J connectivity index is 1.99. The number of nitrogens with two attached hydrogens (primary N) is 1. The molecule has 0 aliphatic rings. The van der Waals surface area contributed by atoms with Crippen molar-refractivity contribution in [3.05, 3.63) is 35.4 Å². The number of nitrogens with zero attached hydrogens (tertiary/aromatic N) is 2. The summed E-state index contributed by atoms with van der Waals surface area (Å²) in [4.78, 5) is 0. The van der Waals surface area contributed by atoms with Crippen LogP contribution in [0, 0.1) is 11.6 Å². The van der Waals surface area contributed by atoms with Crippen LogP contribution >= 0.6 is 11.3 Å². The fourth-order valence-electron chi connectivity index (χ4n) is 1.48. The van der Waals surface area contributed by atoms with E-state index in [2.05, 4.69) is 14.9 Å². The largest absolute Gasteiger partial charge is 0.374 e. The van der Waals surface area contributed by atoms with Crippen molar-refractivity contribution >= 4 is 26.5 Å². The predicted octanol–water partition coefficient (Wildman–Crippen LogP) is 0.919. The third-order valence-electron chi connectivity index (χ3n) is 2.28. The van der Waals surface area contributed by atoms with Gasteiger partial charge in [-0.15, -0.1) is 10.2 Å². The first-order chi connectivity index (χ1) is 9.37. The third-order valence-corrected chi connectivity index (χ3v) is 4.86. The average Bonchev–Trinajstić information content (AvgIpc) is 2.75. The van der Waals surface area contributed by atoms with E-state index in [0.717, 1.165) is 29.5 Å². The fourth-order valence-corrected chi connectivity index (χ4v) is 3.33. The molecule has 0 saturated carbocycles.